The summed E-state index contributed by atoms with van der Waals surface area (Å²) < 4.78 is 6.99. The number of carbonyl (C=O) groups is 1. The van der Waals surface area contributed by atoms with Crippen molar-refractivity contribution in [2.24, 2.45) is 0 Å². The molecule has 4 rings (SSSR count). The first-order valence-corrected chi connectivity index (χ1v) is 10.9. The minimum absolute atomic E-state index is 0.0580. The normalized spacial score (nSPS) is 10.6. The number of aryl methyl sites for hydroxylation is 1. The molecule has 4 aromatic carbocycles. The molecular formula is C26H23BrN2O2. The molecule has 0 unspecified atom stereocenters. The number of rotatable bonds is 7. The van der Waals surface area contributed by atoms with Crippen molar-refractivity contribution in [1.29, 1.82) is 0 Å². The SMILES string of the molecule is Cc1ccc(NC(=O)COc2ccc3ccccc3c2CNc2ccc(Br)cc2)cc1. The zero-order chi connectivity index (χ0) is 21.6. The van der Waals surface area contributed by atoms with E-state index in [1.165, 1.54) is 0 Å². The molecule has 0 aliphatic heterocycles. The summed E-state index contributed by atoms with van der Waals surface area (Å²) in [7, 11) is 0. The molecule has 0 radical (unpaired) electrons. The maximum atomic E-state index is 12.4. The first kappa shape index (κ1) is 20.9. The Kier molecular flexibility index (Phi) is 6.53. The molecule has 0 aliphatic carbocycles. The van der Waals surface area contributed by atoms with Gasteiger partial charge in [-0.1, -0.05) is 64.0 Å². The topological polar surface area (TPSA) is 50.4 Å². The molecule has 4 nitrogen and oxygen atoms in total. The number of benzene rings is 4. The van der Waals surface area contributed by atoms with Crippen LogP contribution in [0.1, 0.15) is 11.1 Å². The average molecular weight is 475 g/mol. The van der Waals surface area contributed by atoms with Gasteiger partial charge in [0.25, 0.3) is 5.91 Å². The highest BCUT2D eigenvalue weighted by atomic mass is 79.9. The standard InChI is InChI=1S/C26H23BrN2O2/c1-18-6-11-22(12-7-18)29-26(30)17-31-25-15-8-19-4-2-3-5-23(19)24(25)16-28-21-13-9-20(27)10-14-21/h2-15,28H,16-17H2,1H3,(H,29,30). The number of nitrogens with one attached hydrogen (secondary N) is 2. The minimum Gasteiger partial charge on any atom is -0.483 e. The number of anilines is 2. The Hall–Kier alpha value is -3.31. The van der Waals surface area contributed by atoms with Gasteiger partial charge in [0.2, 0.25) is 0 Å². The van der Waals surface area contributed by atoms with Crippen LogP contribution in [0.25, 0.3) is 10.8 Å². The van der Waals surface area contributed by atoms with Crippen LogP contribution in [0.15, 0.2) is 89.4 Å². The number of ether oxygens (including phenoxy) is 1. The summed E-state index contributed by atoms with van der Waals surface area (Å²) in [6, 6.07) is 27.9. The smallest absolute Gasteiger partial charge is 0.262 e. The highest BCUT2D eigenvalue weighted by Crippen LogP contribution is 2.29. The molecule has 2 N–H and O–H groups in total. The van der Waals surface area contributed by atoms with Crippen molar-refractivity contribution in [3.63, 3.8) is 0 Å². The number of hydrogen-bond acceptors (Lipinski definition) is 3. The van der Waals surface area contributed by atoms with Crippen molar-refractivity contribution in [3.8, 4) is 5.75 Å². The number of hydrogen-bond donors (Lipinski definition) is 2. The third-order valence-corrected chi connectivity index (χ3v) is 5.53. The summed E-state index contributed by atoms with van der Waals surface area (Å²) in [4.78, 5) is 12.4. The lowest BCUT2D eigenvalue weighted by molar-refractivity contribution is -0.118. The van der Waals surface area contributed by atoms with E-state index in [1.54, 1.807) is 0 Å². The molecule has 4 aromatic rings. The number of fused-ring (bicyclic) bond motifs is 1. The second-order valence-electron chi connectivity index (χ2n) is 7.33. The zero-order valence-corrected chi connectivity index (χ0v) is 18.8. The number of amides is 1. The molecule has 156 valence electrons. The van der Waals surface area contributed by atoms with Gasteiger partial charge in [-0.15, -0.1) is 0 Å². The van der Waals surface area contributed by atoms with Gasteiger partial charge in [-0.25, -0.2) is 0 Å². The number of carbonyl (C=O) groups excluding carboxylic acids is 1. The first-order valence-electron chi connectivity index (χ1n) is 10.1. The third kappa shape index (κ3) is 5.44. The van der Waals surface area contributed by atoms with Crippen LogP contribution in [0.3, 0.4) is 0 Å². The van der Waals surface area contributed by atoms with Crippen LogP contribution >= 0.6 is 15.9 Å². The molecule has 31 heavy (non-hydrogen) atoms. The second kappa shape index (κ2) is 9.67. The Balaban J connectivity index is 1.50. The van der Waals surface area contributed by atoms with Gasteiger partial charge in [0.15, 0.2) is 6.61 Å². The summed E-state index contributed by atoms with van der Waals surface area (Å²) in [6.07, 6.45) is 0. The van der Waals surface area contributed by atoms with Crippen LogP contribution in [0.5, 0.6) is 5.75 Å². The molecule has 0 saturated heterocycles. The van der Waals surface area contributed by atoms with Crippen molar-refractivity contribution in [3.05, 3.63) is 101 Å². The molecule has 0 aromatic heterocycles. The fourth-order valence-electron chi connectivity index (χ4n) is 3.37. The largest absolute Gasteiger partial charge is 0.483 e. The Morgan fingerprint density at radius 2 is 1.58 bits per heavy atom. The monoisotopic (exact) mass is 474 g/mol. The minimum atomic E-state index is -0.191. The van der Waals surface area contributed by atoms with E-state index in [1.807, 2.05) is 79.7 Å². The van der Waals surface area contributed by atoms with Crippen molar-refractivity contribution >= 4 is 44.0 Å². The van der Waals surface area contributed by atoms with E-state index >= 15 is 0 Å². The van der Waals surface area contributed by atoms with Crippen molar-refractivity contribution in [1.82, 2.24) is 0 Å². The molecule has 0 bridgehead atoms. The van der Waals surface area contributed by atoms with Crippen molar-refractivity contribution < 1.29 is 9.53 Å². The van der Waals surface area contributed by atoms with E-state index < -0.39 is 0 Å². The van der Waals surface area contributed by atoms with Crippen LogP contribution in [0, 0.1) is 6.92 Å². The molecule has 0 aliphatic rings. The van der Waals surface area contributed by atoms with E-state index in [2.05, 4.69) is 38.7 Å². The van der Waals surface area contributed by atoms with Crippen LogP contribution in [0.4, 0.5) is 11.4 Å². The molecule has 0 spiro atoms. The van der Waals surface area contributed by atoms with Gasteiger partial charge in [-0.05, 0) is 60.2 Å². The summed E-state index contributed by atoms with van der Waals surface area (Å²) in [5, 5.41) is 8.56. The Labute approximate surface area is 190 Å². The summed E-state index contributed by atoms with van der Waals surface area (Å²) >= 11 is 3.46. The number of halogens is 1. The maximum Gasteiger partial charge on any atom is 0.262 e. The summed E-state index contributed by atoms with van der Waals surface area (Å²) in [5.41, 5.74) is 3.94. The van der Waals surface area contributed by atoms with Gasteiger partial charge in [0, 0.05) is 28.0 Å². The van der Waals surface area contributed by atoms with E-state index in [9.17, 15) is 4.79 Å². The molecule has 0 saturated carbocycles. The average Bonchev–Trinajstić information content (AvgIpc) is 2.79. The molecule has 0 fully saturated rings. The maximum absolute atomic E-state index is 12.4. The Bertz CT molecular complexity index is 1190. The van der Waals surface area contributed by atoms with E-state index in [0.29, 0.717) is 12.3 Å². The fraction of sp³-hybridized carbons (Fsp3) is 0.115. The lowest BCUT2D eigenvalue weighted by atomic mass is 10.0. The van der Waals surface area contributed by atoms with E-state index in [0.717, 1.165) is 37.7 Å². The third-order valence-electron chi connectivity index (χ3n) is 5.01. The van der Waals surface area contributed by atoms with E-state index in [4.69, 9.17) is 4.74 Å². The lowest BCUT2D eigenvalue weighted by Crippen LogP contribution is -2.20. The molecule has 0 atom stereocenters. The van der Waals surface area contributed by atoms with Gasteiger partial charge < -0.3 is 15.4 Å². The molecule has 5 heteroatoms. The van der Waals surface area contributed by atoms with Crippen molar-refractivity contribution in [2.75, 3.05) is 17.2 Å². The summed E-state index contributed by atoms with van der Waals surface area (Å²) in [5.74, 6) is 0.506. The lowest BCUT2D eigenvalue weighted by Gasteiger charge is -2.16. The molecule has 0 heterocycles. The van der Waals surface area contributed by atoms with Crippen LogP contribution in [-0.2, 0) is 11.3 Å². The van der Waals surface area contributed by atoms with Gasteiger partial charge >= 0.3 is 0 Å². The zero-order valence-electron chi connectivity index (χ0n) is 17.2. The Morgan fingerprint density at radius 3 is 2.35 bits per heavy atom. The van der Waals surface area contributed by atoms with Crippen LogP contribution in [-0.4, -0.2) is 12.5 Å². The molecular weight excluding hydrogens is 452 g/mol. The Morgan fingerprint density at radius 1 is 0.871 bits per heavy atom. The molecule has 1 amide bonds. The fourth-order valence-corrected chi connectivity index (χ4v) is 3.63. The van der Waals surface area contributed by atoms with Gasteiger partial charge in [0.05, 0.1) is 0 Å². The highest BCUT2D eigenvalue weighted by molar-refractivity contribution is 9.10. The highest BCUT2D eigenvalue weighted by Gasteiger charge is 2.11. The second-order valence-corrected chi connectivity index (χ2v) is 8.24. The first-order chi connectivity index (χ1) is 15.1. The van der Waals surface area contributed by atoms with Crippen LogP contribution < -0.4 is 15.4 Å². The van der Waals surface area contributed by atoms with Gasteiger partial charge in [-0.3, -0.25) is 4.79 Å². The summed E-state index contributed by atoms with van der Waals surface area (Å²) in [6.45, 7) is 2.54. The van der Waals surface area contributed by atoms with Crippen LogP contribution in [0.2, 0.25) is 0 Å². The van der Waals surface area contributed by atoms with Gasteiger partial charge in [-0.2, -0.15) is 0 Å². The predicted molar refractivity (Wildman–Crippen MR) is 131 cm³/mol. The van der Waals surface area contributed by atoms with E-state index in [-0.39, 0.29) is 12.5 Å². The predicted octanol–water partition coefficient (Wildman–Crippen LogP) is 6.54. The van der Waals surface area contributed by atoms with Gasteiger partial charge in [0.1, 0.15) is 5.75 Å². The van der Waals surface area contributed by atoms with Crippen molar-refractivity contribution in [2.45, 2.75) is 13.5 Å². The quantitative estimate of drug-likeness (QED) is 0.319.